The maximum atomic E-state index is 13.5. The molecule has 34 heavy (non-hydrogen) atoms. The Hall–Kier alpha value is -2.22. The molecule has 4 rings (SSSR count). The van der Waals surface area contributed by atoms with Crippen molar-refractivity contribution in [2.24, 2.45) is 0 Å². The quantitative estimate of drug-likeness (QED) is 0.393. The summed E-state index contributed by atoms with van der Waals surface area (Å²) in [5.41, 5.74) is 8.39. The molecular weight excluding hydrogens is 464 g/mol. The van der Waals surface area contributed by atoms with Crippen LogP contribution in [0.4, 0.5) is 5.00 Å². The molecule has 0 aliphatic carbocycles. The second-order valence-corrected chi connectivity index (χ2v) is 12.7. The van der Waals surface area contributed by atoms with Crippen LogP contribution in [0, 0.1) is 0 Å². The minimum atomic E-state index is -3.53. The van der Waals surface area contributed by atoms with Crippen LogP contribution in [0.1, 0.15) is 73.9 Å². The number of anilines is 1. The van der Waals surface area contributed by atoms with E-state index in [1.54, 1.807) is 41.7 Å². The molecule has 182 valence electrons. The van der Waals surface area contributed by atoms with Crippen LogP contribution in [0.3, 0.4) is 0 Å². The van der Waals surface area contributed by atoms with Crippen LogP contribution in [0.5, 0.6) is 0 Å². The van der Waals surface area contributed by atoms with E-state index >= 15 is 0 Å². The summed E-state index contributed by atoms with van der Waals surface area (Å²) in [6.45, 7) is 8.50. The molecule has 0 spiro atoms. The number of hydrogen-bond acceptors (Lipinski definition) is 6. The molecule has 2 aromatic carbocycles. The maximum absolute atomic E-state index is 13.5. The van der Waals surface area contributed by atoms with Gasteiger partial charge in [0.15, 0.2) is 15.6 Å². The molecule has 1 aliphatic heterocycles. The predicted molar refractivity (Wildman–Crippen MR) is 142 cm³/mol. The number of nitrogens with two attached hydrogens (primary N) is 1. The number of thiophene rings is 1. The van der Waals surface area contributed by atoms with Gasteiger partial charge in [-0.3, -0.25) is 4.79 Å². The Balaban J connectivity index is 1.70. The fourth-order valence-electron chi connectivity index (χ4n) is 4.93. The van der Waals surface area contributed by atoms with Crippen LogP contribution < -0.4 is 5.73 Å². The Kier molecular flexibility index (Phi) is 7.45. The molecule has 0 amide bonds. The lowest BCUT2D eigenvalue weighted by atomic mass is 9.87. The van der Waals surface area contributed by atoms with Gasteiger partial charge in [-0.15, -0.1) is 11.3 Å². The third kappa shape index (κ3) is 4.92. The molecule has 0 saturated carbocycles. The standard InChI is InChI=1S/C27H34N2O3S2/c1-4-5-16-34(31,32)24-9-7-6-8-21(24)26(30)20-10-11-23-22(17-20)25(27(28)33-23)19-12-14-29(15-13-19)18(2)3/h6-11,17-19H,4-5,12-16,28H2,1-3H3. The first kappa shape index (κ1) is 24.9. The lowest BCUT2D eigenvalue weighted by Crippen LogP contribution is -2.37. The number of fused-ring (bicyclic) bond motifs is 1. The van der Waals surface area contributed by atoms with Gasteiger partial charge < -0.3 is 10.6 Å². The van der Waals surface area contributed by atoms with E-state index < -0.39 is 9.84 Å². The summed E-state index contributed by atoms with van der Waals surface area (Å²) in [6, 6.07) is 12.8. The molecule has 0 bridgehead atoms. The second-order valence-electron chi connectivity index (χ2n) is 9.49. The van der Waals surface area contributed by atoms with Crippen molar-refractivity contribution >= 4 is 42.0 Å². The van der Waals surface area contributed by atoms with E-state index in [2.05, 4.69) is 18.7 Å². The zero-order chi connectivity index (χ0) is 24.5. The van der Waals surface area contributed by atoms with E-state index in [1.165, 1.54) is 0 Å². The van der Waals surface area contributed by atoms with E-state index in [0.717, 1.165) is 53.0 Å². The van der Waals surface area contributed by atoms with Gasteiger partial charge in [0, 0.05) is 21.9 Å². The van der Waals surface area contributed by atoms with Crippen molar-refractivity contribution in [3.63, 3.8) is 0 Å². The molecule has 1 saturated heterocycles. The Morgan fingerprint density at radius 2 is 1.85 bits per heavy atom. The number of nitrogen functional groups attached to an aromatic ring is 1. The third-order valence-corrected chi connectivity index (χ3v) is 9.79. The highest BCUT2D eigenvalue weighted by Gasteiger charge is 2.27. The number of likely N-dealkylation sites (tertiary alicyclic amines) is 1. The Morgan fingerprint density at radius 1 is 1.15 bits per heavy atom. The Morgan fingerprint density at radius 3 is 2.53 bits per heavy atom. The lowest BCUT2D eigenvalue weighted by molar-refractivity contribution is 0.103. The molecule has 1 fully saturated rings. The first-order valence-corrected chi connectivity index (χ1v) is 14.6. The van der Waals surface area contributed by atoms with Crippen molar-refractivity contribution in [3.05, 3.63) is 59.2 Å². The number of piperidine rings is 1. The topological polar surface area (TPSA) is 80.5 Å². The van der Waals surface area contributed by atoms with Crippen molar-refractivity contribution in [1.29, 1.82) is 0 Å². The number of rotatable bonds is 8. The maximum Gasteiger partial charge on any atom is 0.194 e. The molecular formula is C27H34N2O3S2. The van der Waals surface area contributed by atoms with E-state index in [-0.39, 0.29) is 22.0 Å². The fraction of sp³-hybridized carbons (Fsp3) is 0.444. The van der Waals surface area contributed by atoms with Gasteiger partial charge in [-0.1, -0.05) is 25.5 Å². The molecule has 2 N–H and O–H groups in total. The second kappa shape index (κ2) is 10.2. The minimum absolute atomic E-state index is 0.0487. The average molecular weight is 499 g/mol. The number of sulfone groups is 1. The van der Waals surface area contributed by atoms with Crippen LogP contribution in [0.2, 0.25) is 0 Å². The zero-order valence-corrected chi connectivity index (χ0v) is 21.8. The van der Waals surface area contributed by atoms with Gasteiger partial charge >= 0.3 is 0 Å². The van der Waals surface area contributed by atoms with Crippen molar-refractivity contribution in [2.75, 3.05) is 24.6 Å². The number of unbranched alkanes of at least 4 members (excludes halogenated alkanes) is 1. The summed E-state index contributed by atoms with van der Waals surface area (Å²) >= 11 is 1.57. The largest absolute Gasteiger partial charge is 0.390 e. The normalized spacial score (nSPS) is 15.9. The highest BCUT2D eigenvalue weighted by atomic mass is 32.2. The molecule has 1 aliphatic rings. The van der Waals surface area contributed by atoms with E-state index in [0.29, 0.717) is 23.9 Å². The van der Waals surface area contributed by atoms with E-state index in [1.807, 2.05) is 19.1 Å². The molecule has 7 heteroatoms. The summed E-state index contributed by atoms with van der Waals surface area (Å²) < 4.78 is 26.9. The molecule has 5 nitrogen and oxygen atoms in total. The van der Waals surface area contributed by atoms with Crippen molar-refractivity contribution < 1.29 is 13.2 Å². The van der Waals surface area contributed by atoms with Gasteiger partial charge in [0.25, 0.3) is 0 Å². The van der Waals surface area contributed by atoms with Gasteiger partial charge in [-0.25, -0.2) is 8.42 Å². The van der Waals surface area contributed by atoms with Gasteiger partial charge in [-0.2, -0.15) is 0 Å². The highest BCUT2D eigenvalue weighted by molar-refractivity contribution is 7.91. The van der Waals surface area contributed by atoms with Crippen molar-refractivity contribution in [3.8, 4) is 0 Å². The van der Waals surface area contributed by atoms with Gasteiger partial charge in [0.2, 0.25) is 0 Å². The Bertz CT molecular complexity index is 1290. The van der Waals surface area contributed by atoms with E-state index in [9.17, 15) is 13.2 Å². The lowest BCUT2D eigenvalue weighted by Gasteiger charge is -2.34. The monoisotopic (exact) mass is 498 g/mol. The fourth-order valence-corrected chi connectivity index (χ4v) is 7.64. The van der Waals surface area contributed by atoms with Crippen LogP contribution >= 0.6 is 11.3 Å². The molecule has 1 aromatic heterocycles. The van der Waals surface area contributed by atoms with Gasteiger partial charge in [-0.05, 0) is 93.4 Å². The van der Waals surface area contributed by atoms with Gasteiger partial charge in [0.05, 0.1) is 15.6 Å². The summed E-state index contributed by atoms with van der Waals surface area (Å²) in [7, 11) is -3.53. The predicted octanol–water partition coefficient (Wildman–Crippen LogP) is 5.88. The minimum Gasteiger partial charge on any atom is -0.390 e. The summed E-state index contributed by atoms with van der Waals surface area (Å²) in [5, 5.41) is 1.85. The first-order valence-electron chi connectivity index (χ1n) is 12.2. The molecule has 0 radical (unpaired) electrons. The number of ketones is 1. The number of hydrogen-bond donors (Lipinski definition) is 1. The molecule has 0 atom stereocenters. The third-order valence-electron chi connectivity index (χ3n) is 6.92. The summed E-state index contributed by atoms with van der Waals surface area (Å²) in [5.74, 6) is 0.159. The molecule has 3 aromatic rings. The SMILES string of the molecule is CCCCS(=O)(=O)c1ccccc1C(=O)c1ccc2sc(N)c(C3CCN(C(C)C)CC3)c2c1. The number of benzene rings is 2. The van der Waals surface area contributed by atoms with Crippen LogP contribution in [-0.2, 0) is 9.84 Å². The smallest absolute Gasteiger partial charge is 0.194 e. The zero-order valence-electron chi connectivity index (χ0n) is 20.2. The Labute approximate surface area is 206 Å². The molecule has 0 unspecified atom stereocenters. The number of carbonyl (C=O) groups excluding carboxylic acids is 1. The summed E-state index contributed by atoms with van der Waals surface area (Å²) in [6.07, 6.45) is 3.45. The average Bonchev–Trinajstić information content (AvgIpc) is 3.17. The van der Waals surface area contributed by atoms with Crippen LogP contribution in [0.25, 0.3) is 10.1 Å². The number of nitrogens with zero attached hydrogens (tertiary/aromatic N) is 1. The van der Waals surface area contributed by atoms with Crippen molar-refractivity contribution in [2.45, 2.75) is 63.3 Å². The molecule has 2 heterocycles. The number of carbonyl (C=O) groups is 1. The van der Waals surface area contributed by atoms with Crippen molar-refractivity contribution in [1.82, 2.24) is 4.90 Å². The highest BCUT2D eigenvalue weighted by Crippen LogP contribution is 2.43. The first-order chi connectivity index (χ1) is 16.2. The van der Waals surface area contributed by atoms with E-state index in [4.69, 9.17) is 5.73 Å². The summed E-state index contributed by atoms with van der Waals surface area (Å²) in [4.78, 5) is 16.2. The van der Waals surface area contributed by atoms with Crippen LogP contribution in [0.15, 0.2) is 47.4 Å². The van der Waals surface area contributed by atoms with Gasteiger partial charge in [0.1, 0.15) is 0 Å². The van der Waals surface area contributed by atoms with Crippen LogP contribution in [-0.4, -0.2) is 44.0 Å².